The minimum atomic E-state index is -7.50. The van der Waals surface area contributed by atoms with Gasteiger partial charge in [0.05, 0.1) is 15.4 Å². The zero-order valence-electron chi connectivity index (χ0n) is 31.3. The molecule has 0 saturated heterocycles. The van der Waals surface area contributed by atoms with Gasteiger partial charge in [-0.05, 0) is 38.9 Å². The van der Waals surface area contributed by atoms with Crippen LogP contribution in [0.5, 0.6) is 0 Å². The van der Waals surface area contributed by atoms with E-state index in [4.69, 9.17) is 36.0 Å². The molecule has 0 aromatic heterocycles. The monoisotopic (exact) mass is 265 g/mol. The van der Waals surface area contributed by atoms with E-state index in [2.05, 4.69) is 0 Å². The summed E-state index contributed by atoms with van der Waals surface area (Å²) in [6.45, 7) is -35.5. The topological polar surface area (TPSA) is 36.3 Å². The van der Waals surface area contributed by atoms with E-state index in [9.17, 15) is 5.26 Å². The van der Waals surface area contributed by atoms with Crippen molar-refractivity contribution in [2.24, 2.45) is 0 Å². The van der Waals surface area contributed by atoms with Crippen molar-refractivity contribution in [2.45, 2.75) is 50.9 Å². The molecule has 0 aliphatic rings. The minimum Gasteiger partial charge on any atom is -0.414 e. The van der Waals surface area contributed by atoms with Gasteiger partial charge in [-0.2, -0.15) is 5.26 Å². The molecular formula is C12H26N2OSi. The molecule has 0 aliphatic heterocycles. The molecule has 0 N–H and O–H groups in total. The number of hydrogen-bond acceptors (Lipinski definition) is 3. The Labute approximate surface area is 134 Å². The lowest BCUT2D eigenvalue weighted by Gasteiger charge is -2.39. The second kappa shape index (κ2) is 4.87. The first kappa shape index (κ1) is 2.36. The molecule has 0 aliphatic carbocycles. The molecule has 0 aromatic carbocycles. The Bertz CT molecular complexity index is 873. The number of rotatable bonds is 4. The van der Waals surface area contributed by atoms with Crippen molar-refractivity contribution in [3.63, 3.8) is 0 Å². The van der Waals surface area contributed by atoms with Crippen molar-refractivity contribution in [3.05, 3.63) is 0 Å². The third-order valence-electron chi connectivity index (χ3n) is 1.54. The molecule has 0 heterocycles. The molecule has 0 radical (unpaired) electrons. The second-order valence-corrected chi connectivity index (χ2v) is 5.33. The number of nitriles is 1. The van der Waals surface area contributed by atoms with Gasteiger partial charge in [-0.3, -0.25) is 4.90 Å². The van der Waals surface area contributed by atoms with Crippen LogP contribution in [0.25, 0.3) is 0 Å². The zero-order valence-corrected chi connectivity index (χ0v) is 9.30. The van der Waals surface area contributed by atoms with E-state index in [1.165, 1.54) is 0 Å². The Kier molecular flexibility index (Phi) is 0.718. The zero-order chi connectivity index (χ0) is 32.5. The summed E-state index contributed by atoms with van der Waals surface area (Å²) in [7, 11) is -7.15. The van der Waals surface area contributed by atoms with Gasteiger partial charge >= 0.3 is 0 Å². The van der Waals surface area contributed by atoms with Crippen molar-refractivity contribution in [2.75, 3.05) is 20.6 Å². The summed E-state index contributed by atoms with van der Waals surface area (Å²) in [6.07, 6.45) is 0. The first-order valence-electron chi connectivity index (χ1n) is 15.3. The minimum absolute atomic E-state index is 0.349. The summed E-state index contributed by atoms with van der Waals surface area (Å²) in [4.78, 5) is -0.424. The van der Waals surface area contributed by atoms with Crippen LogP contribution >= 0.6 is 0 Å². The van der Waals surface area contributed by atoms with Crippen LogP contribution in [0.1, 0.15) is 58.9 Å². The van der Waals surface area contributed by atoms with Crippen LogP contribution in [-0.2, 0) is 4.43 Å². The lowest BCUT2D eigenvalue weighted by molar-refractivity contribution is 0.135. The molecule has 0 rings (SSSR count). The van der Waals surface area contributed by atoms with Gasteiger partial charge in [-0.15, -0.1) is 0 Å². The molecule has 0 amide bonds. The number of hydrogen-bond donors (Lipinski definition) is 0. The fourth-order valence-corrected chi connectivity index (χ4v) is 0.847. The van der Waals surface area contributed by atoms with Gasteiger partial charge in [0, 0.05) is 28.8 Å². The van der Waals surface area contributed by atoms with Crippen LogP contribution in [0, 0.1) is 11.3 Å². The van der Waals surface area contributed by atoms with E-state index >= 15 is 0 Å². The van der Waals surface area contributed by atoms with Gasteiger partial charge in [-0.1, -0.05) is 20.6 Å². The maximum atomic E-state index is 9.85. The predicted octanol–water partition coefficient (Wildman–Crippen LogP) is 2.85. The van der Waals surface area contributed by atoms with Crippen molar-refractivity contribution >= 4 is 8.32 Å². The van der Waals surface area contributed by atoms with E-state index < -0.39 is 77.7 Å². The quantitative estimate of drug-likeness (QED) is 0.733. The number of nitrogens with zero attached hydrogens (tertiary/aromatic N) is 2. The summed E-state index contributed by atoms with van der Waals surface area (Å²) >= 11 is 0. The highest BCUT2D eigenvalue weighted by Gasteiger charge is 2.39. The van der Waals surface area contributed by atoms with Crippen LogP contribution < -0.4 is 0 Å². The Hall–Kier alpha value is -0.373. The molecule has 0 spiro atoms. The average Bonchev–Trinajstić information content (AvgIpc) is 2.53. The van der Waals surface area contributed by atoms with Gasteiger partial charge in [-0.25, -0.2) is 0 Å². The van der Waals surface area contributed by atoms with Gasteiger partial charge in [0.2, 0.25) is 0 Å². The Morgan fingerprint density at radius 1 is 1.44 bits per heavy atom. The second-order valence-electron chi connectivity index (χ2n) is 3.02. The summed E-state index contributed by atoms with van der Waals surface area (Å²) in [5.74, 6) is 0. The summed E-state index contributed by atoms with van der Waals surface area (Å²) in [5, 5.41) is 4.96. The summed E-state index contributed by atoms with van der Waals surface area (Å²) in [5.41, 5.74) is -4.18. The van der Waals surface area contributed by atoms with E-state index in [1.54, 1.807) is 0 Å². The Morgan fingerprint density at radius 2 is 2.12 bits per heavy atom. The maximum Gasteiger partial charge on any atom is 0.192 e. The molecule has 1 atom stereocenters. The van der Waals surface area contributed by atoms with Gasteiger partial charge < -0.3 is 4.43 Å². The van der Waals surface area contributed by atoms with Crippen molar-refractivity contribution < 1.29 is 36.0 Å². The fourth-order valence-electron chi connectivity index (χ4n) is 0.393. The van der Waals surface area contributed by atoms with Crippen LogP contribution in [0.4, 0.5) is 0 Å². The molecule has 0 fully saturated rings. The van der Waals surface area contributed by atoms with Crippen molar-refractivity contribution in [3.8, 4) is 6.07 Å². The van der Waals surface area contributed by atoms with Crippen LogP contribution in [-0.4, -0.2) is 39.3 Å². The molecule has 0 bridgehead atoms. The van der Waals surface area contributed by atoms with E-state index in [0.717, 1.165) is 6.07 Å². The average molecular weight is 266 g/mol. The summed E-state index contributed by atoms with van der Waals surface area (Å²) < 4.78 is 186. The van der Waals surface area contributed by atoms with Gasteiger partial charge in [0.25, 0.3) is 0 Å². The van der Waals surface area contributed by atoms with Crippen molar-refractivity contribution in [1.29, 1.82) is 5.26 Å². The highest BCUT2D eigenvalue weighted by molar-refractivity contribution is 6.74. The highest BCUT2D eigenvalue weighted by Crippen LogP contribution is 2.37. The lowest BCUT2D eigenvalue weighted by atomic mass is 10.1. The van der Waals surface area contributed by atoms with Crippen LogP contribution in [0.2, 0.25) is 18.0 Å². The fraction of sp³-hybridized carbons (Fsp3) is 0.917. The predicted molar refractivity (Wildman–Crippen MR) is 70.9 cm³/mol. The van der Waals surface area contributed by atoms with E-state index in [-0.39, 0.29) is 0 Å². The molecule has 1 unspecified atom stereocenters. The van der Waals surface area contributed by atoms with Crippen LogP contribution in [0.3, 0.4) is 0 Å². The molecule has 0 saturated carbocycles. The van der Waals surface area contributed by atoms with Gasteiger partial charge in [0.1, 0.15) is 5.54 Å². The summed E-state index contributed by atoms with van der Waals surface area (Å²) in [6, 6.07) is 0.832. The molecule has 4 heteroatoms. The Morgan fingerprint density at radius 3 is 2.50 bits per heavy atom. The normalized spacial score (nSPS) is 44.7. The molecule has 94 valence electrons. The molecule has 16 heavy (non-hydrogen) atoms. The SMILES string of the molecule is [2H]C([2H])([2H])N(C)C(C#N)(C([2H])([2H])[2H])C([2H])([2H])O[Si](C([2H])([2H])[2H])(C([2H])([2H])[2H])C(C([2H])([2H])[2H])(C([2H])([2H])[2H])C([2H])([2H])[2H]. The highest BCUT2D eigenvalue weighted by atomic mass is 28.4. The molecule has 0 aromatic rings. The van der Waals surface area contributed by atoms with E-state index in [1.807, 2.05) is 0 Å². The first-order valence-corrected chi connectivity index (χ1v) is 5.68. The van der Waals surface area contributed by atoms with E-state index in [0.29, 0.717) is 7.05 Å². The smallest absolute Gasteiger partial charge is 0.192 e. The molecular weight excluding hydrogens is 216 g/mol. The molecule has 3 nitrogen and oxygen atoms in total. The third-order valence-corrected chi connectivity index (χ3v) is 3.01. The lowest BCUT2D eigenvalue weighted by Crippen LogP contribution is -2.50. The standard InChI is InChI=1S/C12H26N2OSi/c1-11(2,3)16(7,8)15-10-12(4,9-13)14(5)6/h10H2,1-8H3/i1D3,2D3,3D3,4D3,5D3,7D3,8D3,10D2. The van der Waals surface area contributed by atoms with Crippen molar-refractivity contribution in [1.82, 2.24) is 4.90 Å². The van der Waals surface area contributed by atoms with Crippen LogP contribution in [0.15, 0.2) is 0 Å². The third kappa shape index (κ3) is 3.58. The number of likely N-dealkylation sites (N-methyl/N-ethyl adjacent to an activating group) is 1. The Balaban J connectivity index is 8.73. The maximum absolute atomic E-state index is 9.85. The largest absolute Gasteiger partial charge is 0.414 e. The van der Waals surface area contributed by atoms with Gasteiger partial charge in [0.15, 0.2) is 8.32 Å². The first-order chi connectivity index (χ1) is 16.4.